The summed E-state index contributed by atoms with van der Waals surface area (Å²) in [6, 6.07) is 3.93. The maximum atomic E-state index is 12.7. The number of hydrogen-bond donors (Lipinski definition) is 0. The lowest BCUT2D eigenvalue weighted by Gasteiger charge is -2.32. The number of amides is 1. The highest BCUT2D eigenvalue weighted by Gasteiger charge is 2.68. The third-order valence-electron chi connectivity index (χ3n) is 4.74. The molecule has 6 heteroatoms. The lowest BCUT2D eigenvalue weighted by Crippen LogP contribution is -2.41. The predicted octanol–water partition coefficient (Wildman–Crippen LogP) is 3.17. The van der Waals surface area contributed by atoms with Crippen molar-refractivity contribution < 1.29 is 14.3 Å². The molecule has 1 amide bonds. The van der Waals surface area contributed by atoms with E-state index in [9.17, 15) is 4.79 Å². The molecule has 1 atom stereocenters. The van der Waals surface area contributed by atoms with Crippen molar-refractivity contribution >= 4 is 29.1 Å². The van der Waals surface area contributed by atoms with E-state index in [2.05, 4.69) is 0 Å². The Bertz CT molecular complexity index is 632. The van der Waals surface area contributed by atoms with Crippen molar-refractivity contribution in [2.75, 3.05) is 20.8 Å². The number of rotatable bonds is 3. The molecule has 1 fully saturated rings. The van der Waals surface area contributed by atoms with E-state index in [1.165, 1.54) is 5.56 Å². The Kier molecular flexibility index (Phi) is 3.73. The first kappa shape index (κ1) is 15.8. The first-order valence-electron chi connectivity index (χ1n) is 7.23. The van der Waals surface area contributed by atoms with Crippen LogP contribution >= 0.6 is 23.2 Å². The number of carbonyl (C=O) groups excluding carboxylic acids is 1. The second-order valence-electron chi connectivity index (χ2n) is 6.17. The summed E-state index contributed by atoms with van der Waals surface area (Å²) < 4.78 is 9.74. The highest BCUT2D eigenvalue weighted by molar-refractivity contribution is 6.53. The molecule has 1 heterocycles. The molecule has 120 valence electrons. The average Bonchev–Trinajstić information content (AvgIpc) is 3.04. The second-order valence-corrected chi connectivity index (χ2v) is 7.65. The third-order valence-corrected chi connectivity index (χ3v) is 5.84. The fraction of sp³-hybridized carbons (Fsp3) is 0.562. The highest BCUT2D eigenvalue weighted by Crippen LogP contribution is 2.64. The van der Waals surface area contributed by atoms with Crippen molar-refractivity contribution in [3.63, 3.8) is 0 Å². The van der Waals surface area contributed by atoms with Crippen LogP contribution in [0.5, 0.6) is 11.5 Å². The summed E-state index contributed by atoms with van der Waals surface area (Å²) in [6.07, 6.45) is 1.30. The molecule has 0 spiro atoms. The third kappa shape index (κ3) is 2.33. The minimum atomic E-state index is -0.929. The minimum absolute atomic E-state index is 0.0259. The van der Waals surface area contributed by atoms with E-state index in [4.69, 9.17) is 32.7 Å². The van der Waals surface area contributed by atoms with Crippen molar-refractivity contribution in [3.8, 4) is 11.5 Å². The van der Waals surface area contributed by atoms with Gasteiger partial charge in [0.25, 0.3) is 0 Å². The molecule has 1 unspecified atom stereocenters. The molecule has 0 radical (unpaired) electrons. The maximum absolute atomic E-state index is 12.7. The molecule has 0 saturated heterocycles. The van der Waals surface area contributed by atoms with Gasteiger partial charge in [0.1, 0.15) is 4.33 Å². The topological polar surface area (TPSA) is 38.8 Å². The van der Waals surface area contributed by atoms with Crippen LogP contribution in [0.15, 0.2) is 12.1 Å². The van der Waals surface area contributed by atoms with Gasteiger partial charge in [-0.05, 0) is 43.0 Å². The normalized spacial score (nSPS) is 25.4. The van der Waals surface area contributed by atoms with Gasteiger partial charge in [-0.2, -0.15) is 0 Å². The number of halogens is 2. The van der Waals surface area contributed by atoms with E-state index >= 15 is 0 Å². The summed E-state index contributed by atoms with van der Waals surface area (Å²) >= 11 is 12.3. The lowest BCUT2D eigenvalue weighted by atomic mass is 9.97. The van der Waals surface area contributed by atoms with E-state index in [1.54, 1.807) is 14.2 Å². The summed E-state index contributed by atoms with van der Waals surface area (Å²) in [7, 11) is 3.23. The van der Waals surface area contributed by atoms with Crippen LogP contribution in [0.1, 0.15) is 24.5 Å². The summed E-state index contributed by atoms with van der Waals surface area (Å²) in [5.41, 5.74) is 1.60. The Morgan fingerprint density at radius 2 is 1.73 bits per heavy atom. The van der Waals surface area contributed by atoms with Crippen LogP contribution < -0.4 is 9.47 Å². The second kappa shape index (κ2) is 5.20. The first-order chi connectivity index (χ1) is 10.3. The van der Waals surface area contributed by atoms with Crippen molar-refractivity contribution in [2.45, 2.75) is 30.6 Å². The standard InChI is InChI=1S/C16H19Cl2NO3/c1-15(9-16(15,17)18)14(20)19-5-4-10-6-12(21-2)13(22-3)7-11(10)8-19/h6-7H,4-5,8-9H2,1-3H3. The van der Waals surface area contributed by atoms with E-state index in [0.717, 1.165) is 17.7 Å². The van der Waals surface area contributed by atoms with Gasteiger partial charge in [0, 0.05) is 13.1 Å². The number of benzene rings is 1. The molecule has 22 heavy (non-hydrogen) atoms. The van der Waals surface area contributed by atoms with Crippen LogP contribution in [0.25, 0.3) is 0 Å². The number of carbonyl (C=O) groups is 1. The number of hydrogen-bond acceptors (Lipinski definition) is 3. The zero-order valence-corrected chi connectivity index (χ0v) is 14.4. The molecule has 0 bridgehead atoms. The molecule has 4 nitrogen and oxygen atoms in total. The summed E-state index contributed by atoms with van der Waals surface area (Å²) in [4.78, 5) is 14.5. The van der Waals surface area contributed by atoms with Crippen LogP contribution in [0.4, 0.5) is 0 Å². The average molecular weight is 344 g/mol. The van der Waals surface area contributed by atoms with Gasteiger partial charge in [0.15, 0.2) is 11.5 Å². The Morgan fingerprint density at radius 3 is 2.23 bits per heavy atom. The van der Waals surface area contributed by atoms with E-state index < -0.39 is 9.75 Å². The molecule has 1 aromatic carbocycles. The monoisotopic (exact) mass is 343 g/mol. The summed E-state index contributed by atoms with van der Waals surface area (Å²) in [5, 5.41) is 0. The van der Waals surface area contributed by atoms with Gasteiger partial charge >= 0.3 is 0 Å². The molecule has 1 saturated carbocycles. The number of nitrogens with zero attached hydrogens (tertiary/aromatic N) is 1. The molecule has 0 aromatic heterocycles. The smallest absolute Gasteiger partial charge is 0.231 e. The van der Waals surface area contributed by atoms with Gasteiger partial charge in [0.2, 0.25) is 5.91 Å². The zero-order chi connectivity index (χ0) is 16.1. The Morgan fingerprint density at radius 1 is 1.18 bits per heavy atom. The lowest BCUT2D eigenvalue weighted by molar-refractivity contribution is -0.137. The number of alkyl halides is 2. The maximum Gasteiger partial charge on any atom is 0.231 e. The van der Waals surface area contributed by atoms with Gasteiger partial charge in [-0.25, -0.2) is 0 Å². The summed E-state index contributed by atoms with van der Waals surface area (Å²) in [6.45, 7) is 3.05. The van der Waals surface area contributed by atoms with Gasteiger partial charge in [-0.15, -0.1) is 23.2 Å². The van der Waals surface area contributed by atoms with Gasteiger partial charge in [0.05, 0.1) is 19.6 Å². The molecule has 3 rings (SSSR count). The van der Waals surface area contributed by atoms with E-state index in [1.807, 2.05) is 24.0 Å². The molecule has 2 aliphatic rings. The Hall–Kier alpha value is -1.13. The van der Waals surface area contributed by atoms with Crippen LogP contribution in [-0.4, -0.2) is 35.9 Å². The molecule has 1 aromatic rings. The number of fused-ring (bicyclic) bond motifs is 1. The minimum Gasteiger partial charge on any atom is -0.493 e. The molecular weight excluding hydrogens is 325 g/mol. The van der Waals surface area contributed by atoms with Gasteiger partial charge in [-0.3, -0.25) is 4.79 Å². The van der Waals surface area contributed by atoms with Crippen LogP contribution in [-0.2, 0) is 17.8 Å². The molecule has 0 N–H and O–H groups in total. The Labute approximate surface area is 140 Å². The fourth-order valence-corrected chi connectivity index (χ4v) is 3.73. The highest BCUT2D eigenvalue weighted by atomic mass is 35.5. The largest absolute Gasteiger partial charge is 0.493 e. The fourth-order valence-electron chi connectivity index (χ4n) is 3.04. The van der Waals surface area contributed by atoms with E-state index in [0.29, 0.717) is 25.3 Å². The zero-order valence-electron chi connectivity index (χ0n) is 12.9. The van der Waals surface area contributed by atoms with E-state index in [-0.39, 0.29) is 5.91 Å². The molecular formula is C16H19Cl2NO3. The van der Waals surface area contributed by atoms with Crippen molar-refractivity contribution in [1.29, 1.82) is 0 Å². The van der Waals surface area contributed by atoms with Crippen LogP contribution in [0.3, 0.4) is 0 Å². The van der Waals surface area contributed by atoms with Gasteiger partial charge in [-0.1, -0.05) is 0 Å². The molecule has 1 aliphatic heterocycles. The Balaban J connectivity index is 1.84. The van der Waals surface area contributed by atoms with Crippen molar-refractivity contribution in [3.05, 3.63) is 23.3 Å². The van der Waals surface area contributed by atoms with Crippen LogP contribution in [0.2, 0.25) is 0 Å². The SMILES string of the molecule is COc1cc2c(cc1OC)CN(C(=O)C1(C)CC1(Cl)Cl)CC2. The molecule has 1 aliphatic carbocycles. The van der Waals surface area contributed by atoms with Gasteiger partial charge < -0.3 is 14.4 Å². The predicted molar refractivity (Wildman–Crippen MR) is 85.8 cm³/mol. The van der Waals surface area contributed by atoms with Crippen molar-refractivity contribution in [2.24, 2.45) is 5.41 Å². The quantitative estimate of drug-likeness (QED) is 0.791. The van der Waals surface area contributed by atoms with Crippen LogP contribution in [0, 0.1) is 5.41 Å². The number of ether oxygens (including phenoxy) is 2. The number of methoxy groups -OCH3 is 2. The first-order valence-corrected chi connectivity index (χ1v) is 7.99. The van der Waals surface area contributed by atoms with Crippen molar-refractivity contribution in [1.82, 2.24) is 4.90 Å². The summed E-state index contributed by atoms with van der Waals surface area (Å²) in [5.74, 6) is 1.42.